The van der Waals surface area contributed by atoms with Crippen LogP contribution in [0.25, 0.3) is 0 Å². The van der Waals surface area contributed by atoms with Gasteiger partial charge in [0, 0.05) is 19.2 Å². The zero-order chi connectivity index (χ0) is 19.1. The molecule has 1 aromatic rings. The molecule has 0 heterocycles. The first-order chi connectivity index (χ1) is 11.6. The van der Waals surface area contributed by atoms with E-state index in [0.29, 0.717) is 5.57 Å². The third kappa shape index (κ3) is 6.36. The second-order valence-corrected chi connectivity index (χ2v) is 8.06. The number of hydrogen-bond acceptors (Lipinski definition) is 4. The Hall–Kier alpha value is -2.12. The van der Waals surface area contributed by atoms with E-state index in [1.165, 1.54) is 4.31 Å². The highest BCUT2D eigenvalue weighted by molar-refractivity contribution is 7.89. The van der Waals surface area contributed by atoms with Crippen molar-refractivity contribution in [1.29, 1.82) is 5.26 Å². The molecule has 1 aromatic carbocycles. The monoisotopic (exact) mass is 360 g/mol. The van der Waals surface area contributed by atoms with Crippen LogP contribution in [0.1, 0.15) is 26.3 Å². The summed E-state index contributed by atoms with van der Waals surface area (Å²) in [5.74, 6) is 5.77. The van der Waals surface area contributed by atoms with Gasteiger partial charge in [-0.1, -0.05) is 35.6 Å². The second-order valence-electron chi connectivity index (χ2n) is 6.13. The SMILES string of the molecule is COC(C)(C)C#CCN(C/C=C(\C)C#N)S(=O)(=O)c1ccc(C)cc1. The van der Waals surface area contributed by atoms with Gasteiger partial charge in [0.1, 0.15) is 5.60 Å². The molecule has 0 amide bonds. The van der Waals surface area contributed by atoms with E-state index in [9.17, 15) is 8.42 Å². The molecule has 25 heavy (non-hydrogen) atoms. The zero-order valence-electron chi connectivity index (χ0n) is 15.3. The Balaban J connectivity index is 3.17. The van der Waals surface area contributed by atoms with Crippen LogP contribution in [0.3, 0.4) is 0 Å². The number of hydrogen-bond donors (Lipinski definition) is 0. The Kier molecular flexibility index (Phi) is 7.38. The van der Waals surface area contributed by atoms with E-state index in [2.05, 4.69) is 11.8 Å². The summed E-state index contributed by atoms with van der Waals surface area (Å²) in [6, 6.07) is 8.64. The number of benzene rings is 1. The molecule has 0 atom stereocenters. The van der Waals surface area contributed by atoms with E-state index in [0.717, 1.165) is 5.56 Å². The predicted molar refractivity (Wildman–Crippen MR) is 98.2 cm³/mol. The van der Waals surface area contributed by atoms with Crippen LogP contribution in [0, 0.1) is 30.1 Å². The molecule has 6 heteroatoms. The highest BCUT2D eigenvalue weighted by atomic mass is 32.2. The lowest BCUT2D eigenvalue weighted by molar-refractivity contribution is 0.0740. The topological polar surface area (TPSA) is 70.4 Å². The van der Waals surface area contributed by atoms with Crippen LogP contribution in [-0.2, 0) is 14.8 Å². The van der Waals surface area contributed by atoms with Crippen molar-refractivity contribution in [2.45, 2.75) is 38.2 Å². The van der Waals surface area contributed by atoms with E-state index in [1.54, 1.807) is 58.2 Å². The third-order valence-corrected chi connectivity index (χ3v) is 5.42. The van der Waals surface area contributed by atoms with Gasteiger partial charge >= 0.3 is 0 Å². The Morgan fingerprint density at radius 3 is 2.44 bits per heavy atom. The number of nitriles is 1. The number of rotatable bonds is 6. The van der Waals surface area contributed by atoms with Crippen molar-refractivity contribution in [3.63, 3.8) is 0 Å². The van der Waals surface area contributed by atoms with E-state index in [-0.39, 0.29) is 18.0 Å². The smallest absolute Gasteiger partial charge is 0.244 e. The van der Waals surface area contributed by atoms with Crippen molar-refractivity contribution in [3.05, 3.63) is 41.5 Å². The molecule has 0 saturated heterocycles. The first kappa shape index (κ1) is 20.9. The van der Waals surface area contributed by atoms with Crippen LogP contribution in [0.5, 0.6) is 0 Å². The van der Waals surface area contributed by atoms with Gasteiger partial charge in [-0.15, -0.1) is 0 Å². The number of ether oxygens (including phenoxy) is 1. The van der Waals surface area contributed by atoms with Gasteiger partial charge in [-0.05, 0) is 39.8 Å². The van der Waals surface area contributed by atoms with Gasteiger partial charge in [0.15, 0.2) is 0 Å². The molecule has 134 valence electrons. The minimum atomic E-state index is -3.71. The summed E-state index contributed by atoms with van der Waals surface area (Å²) in [5.41, 5.74) is 0.777. The summed E-state index contributed by atoms with van der Waals surface area (Å²) in [5, 5.41) is 8.88. The molecular weight excluding hydrogens is 336 g/mol. The fourth-order valence-electron chi connectivity index (χ4n) is 1.78. The number of sulfonamides is 1. The van der Waals surface area contributed by atoms with Crippen LogP contribution in [0.2, 0.25) is 0 Å². The molecule has 0 aromatic heterocycles. The van der Waals surface area contributed by atoms with Crippen molar-refractivity contribution in [3.8, 4) is 17.9 Å². The lowest BCUT2D eigenvalue weighted by atomic mass is 10.1. The zero-order valence-corrected chi connectivity index (χ0v) is 16.1. The minimum absolute atomic E-state index is 0.0121. The molecular formula is C19H24N2O3S. The lowest BCUT2D eigenvalue weighted by Gasteiger charge is -2.19. The number of aryl methyl sites for hydroxylation is 1. The lowest BCUT2D eigenvalue weighted by Crippen LogP contribution is -2.32. The predicted octanol–water partition coefficient (Wildman–Crippen LogP) is 2.88. The van der Waals surface area contributed by atoms with Gasteiger partial charge < -0.3 is 4.74 Å². The molecule has 1 rings (SSSR count). The van der Waals surface area contributed by atoms with Crippen LogP contribution < -0.4 is 0 Å². The highest BCUT2D eigenvalue weighted by Gasteiger charge is 2.23. The fourth-order valence-corrected chi connectivity index (χ4v) is 3.07. The maximum Gasteiger partial charge on any atom is 0.244 e. The Morgan fingerprint density at radius 2 is 1.92 bits per heavy atom. The third-order valence-electron chi connectivity index (χ3n) is 3.59. The van der Waals surface area contributed by atoms with Crippen molar-refractivity contribution < 1.29 is 13.2 Å². The molecule has 0 radical (unpaired) electrons. The number of nitrogens with zero attached hydrogens (tertiary/aromatic N) is 2. The van der Waals surface area contributed by atoms with Gasteiger partial charge in [0.25, 0.3) is 0 Å². The highest BCUT2D eigenvalue weighted by Crippen LogP contribution is 2.16. The number of methoxy groups -OCH3 is 1. The summed E-state index contributed by atoms with van der Waals surface area (Å²) < 4.78 is 32.2. The van der Waals surface area contributed by atoms with Crippen LogP contribution in [0.4, 0.5) is 0 Å². The molecule has 0 aliphatic heterocycles. The quantitative estimate of drug-likeness (QED) is 0.578. The Labute approximate surface area is 151 Å². The summed E-state index contributed by atoms with van der Waals surface area (Å²) in [7, 11) is -2.16. The average Bonchev–Trinajstić information content (AvgIpc) is 2.57. The van der Waals surface area contributed by atoms with Crippen molar-refractivity contribution in [2.24, 2.45) is 0 Å². The normalized spacial score (nSPS) is 12.4. The van der Waals surface area contributed by atoms with Crippen molar-refractivity contribution in [1.82, 2.24) is 4.31 Å². The largest absolute Gasteiger partial charge is 0.366 e. The van der Waals surface area contributed by atoms with Gasteiger partial charge in [0.2, 0.25) is 10.0 Å². The van der Waals surface area contributed by atoms with Crippen molar-refractivity contribution >= 4 is 10.0 Å². The molecule has 0 unspecified atom stereocenters. The Morgan fingerprint density at radius 1 is 1.32 bits per heavy atom. The van der Waals surface area contributed by atoms with Crippen LogP contribution >= 0.6 is 0 Å². The Bertz CT molecular complexity index is 820. The molecule has 0 fully saturated rings. The molecule has 0 aliphatic carbocycles. The van der Waals surface area contributed by atoms with Crippen molar-refractivity contribution in [2.75, 3.05) is 20.2 Å². The van der Waals surface area contributed by atoms with Gasteiger partial charge in [-0.25, -0.2) is 8.42 Å². The fraction of sp³-hybridized carbons (Fsp3) is 0.421. The van der Waals surface area contributed by atoms with E-state index >= 15 is 0 Å². The van der Waals surface area contributed by atoms with Gasteiger partial charge in [0.05, 0.1) is 17.5 Å². The maximum absolute atomic E-state index is 12.9. The molecule has 0 N–H and O–H groups in total. The summed E-state index contributed by atoms with van der Waals surface area (Å²) in [4.78, 5) is 0.203. The van der Waals surface area contributed by atoms with Crippen LogP contribution in [0.15, 0.2) is 40.8 Å². The van der Waals surface area contributed by atoms with E-state index < -0.39 is 15.6 Å². The molecule has 0 spiro atoms. The summed E-state index contributed by atoms with van der Waals surface area (Å²) in [6.07, 6.45) is 1.58. The molecule has 0 bridgehead atoms. The minimum Gasteiger partial charge on any atom is -0.366 e. The van der Waals surface area contributed by atoms with Crippen LogP contribution in [-0.4, -0.2) is 38.5 Å². The average molecular weight is 360 g/mol. The van der Waals surface area contributed by atoms with E-state index in [4.69, 9.17) is 10.00 Å². The number of allylic oxidation sites excluding steroid dienone is 1. The summed E-state index contributed by atoms with van der Waals surface area (Å²) in [6.45, 7) is 7.23. The van der Waals surface area contributed by atoms with Gasteiger partial charge in [-0.2, -0.15) is 9.57 Å². The molecule has 5 nitrogen and oxygen atoms in total. The van der Waals surface area contributed by atoms with E-state index in [1.807, 2.05) is 13.0 Å². The molecule has 0 aliphatic rings. The summed E-state index contributed by atoms with van der Waals surface area (Å²) >= 11 is 0. The maximum atomic E-state index is 12.9. The first-order valence-corrected chi connectivity index (χ1v) is 9.25. The second kappa shape index (κ2) is 8.82. The standard InChI is InChI=1S/C19H24N2O3S/c1-16-7-9-18(10-8-16)25(22,23)21(14-11-17(2)15-20)13-6-12-19(3,4)24-5/h7-11H,13-14H2,1-5H3/b17-11+. The first-order valence-electron chi connectivity index (χ1n) is 7.81. The molecule has 0 saturated carbocycles. The van der Waals surface area contributed by atoms with Gasteiger partial charge in [-0.3, -0.25) is 0 Å².